The van der Waals surface area contributed by atoms with Crippen molar-refractivity contribution in [1.82, 2.24) is 24.6 Å². The summed E-state index contributed by atoms with van der Waals surface area (Å²) in [4.78, 5) is 24.9. The van der Waals surface area contributed by atoms with Gasteiger partial charge in [0.25, 0.3) is 0 Å². The van der Waals surface area contributed by atoms with E-state index in [9.17, 15) is 4.79 Å². The van der Waals surface area contributed by atoms with Crippen LogP contribution in [0.2, 0.25) is 5.02 Å². The van der Waals surface area contributed by atoms with Gasteiger partial charge in [0.1, 0.15) is 12.1 Å². The molecule has 0 atom stereocenters. The van der Waals surface area contributed by atoms with E-state index in [1.807, 2.05) is 36.1 Å². The molecule has 1 aliphatic heterocycles. The van der Waals surface area contributed by atoms with E-state index in [0.717, 1.165) is 35.6 Å². The van der Waals surface area contributed by atoms with Crippen molar-refractivity contribution >= 4 is 34.4 Å². The topological polar surface area (TPSA) is 67.2 Å². The molecule has 0 bridgehead atoms. The van der Waals surface area contributed by atoms with Gasteiger partial charge in [0.2, 0.25) is 5.91 Å². The number of nitrogens with zero attached hydrogens (tertiary/aromatic N) is 6. The van der Waals surface area contributed by atoms with Gasteiger partial charge in [0, 0.05) is 31.2 Å². The molecule has 138 valence electrons. The Morgan fingerprint density at radius 1 is 1.19 bits per heavy atom. The van der Waals surface area contributed by atoms with Crippen LogP contribution in [0.3, 0.4) is 0 Å². The first-order valence-corrected chi connectivity index (χ1v) is 9.16. The van der Waals surface area contributed by atoms with Crippen LogP contribution in [-0.4, -0.2) is 56.7 Å². The highest BCUT2D eigenvalue weighted by atomic mass is 35.5. The summed E-state index contributed by atoms with van der Waals surface area (Å²) < 4.78 is 1.76. The Bertz CT molecular complexity index is 1010. The van der Waals surface area contributed by atoms with E-state index in [1.54, 1.807) is 29.4 Å². The fourth-order valence-corrected chi connectivity index (χ4v) is 3.45. The summed E-state index contributed by atoms with van der Waals surface area (Å²) in [5.74, 6) is 0.894. The fraction of sp³-hybridized carbons (Fsp3) is 0.263. The highest BCUT2D eigenvalue weighted by Crippen LogP contribution is 2.26. The summed E-state index contributed by atoms with van der Waals surface area (Å²) in [5, 5.41) is 6.01. The Labute approximate surface area is 161 Å². The smallest absolute Gasteiger partial charge is 0.246 e. The molecule has 7 nitrogen and oxygen atoms in total. The third kappa shape index (κ3) is 3.38. The molecule has 8 heteroatoms. The van der Waals surface area contributed by atoms with Crippen molar-refractivity contribution in [3.05, 3.63) is 54.0 Å². The summed E-state index contributed by atoms with van der Waals surface area (Å²) in [5.41, 5.74) is 1.58. The van der Waals surface area contributed by atoms with Crippen LogP contribution in [-0.2, 0) is 4.79 Å². The second-order valence-electron chi connectivity index (χ2n) is 6.28. The molecular formula is C19H19ClN6O. The molecule has 0 N–H and O–H groups in total. The number of carbonyl (C=O) groups is 1. The lowest BCUT2D eigenvalue weighted by molar-refractivity contribution is -0.126. The average Bonchev–Trinajstić information content (AvgIpc) is 3.12. The van der Waals surface area contributed by atoms with Gasteiger partial charge in [-0.3, -0.25) is 4.79 Å². The molecule has 0 saturated carbocycles. The lowest BCUT2D eigenvalue weighted by Gasteiger charge is -2.35. The highest BCUT2D eigenvalue weighted by molar-refractivity contribution is 6.30. The van der Waals surface area contributed by atoms with Gasteiger partial charge in [-0.05, 0) is 31.2 Å². The molecule has 0 unspecified atom stereocenters. The number of amides is 1. The summed E-state index contributed by atoms with van der Waals surface area (Å²) in [6.45, 7) is 4.62. The molecule has 1 amide bonds. The second kappa shape index (κ2) is 7.36. The predicted octanol–water partition coefficient (Wildman–Crippen LogP) is 2.69. The fourth-order valence-electron chi connectivity index (χ4n) is 3.27. The van der Waals surface area contributed by atoms with Crippen LogP contribution >= 0.6 is 11.6 Å². The quantitative estimate of drug-likeness (QED) is 0.651. The number of carbonyl (C=O) groups excluding carboxylic acids is 1. The van der Waals surface area contributed by atoms with Gasteiger partial charge in [0.05, 0.1) is 17.3 Å². The van der Waals surface area contributed by atoms with Gasteiger partial charge >= 0.3 is 0 Å². The molecular weight excluding hydrogens is 364 g/mol. The van der Waals surface area contributed by atoms with Crippen molar-refractivity contribution in [2.75, 3.05) is 31.1 Å². The molecule has 4 rings (SSSR count). The Morgan fingerprint density at radius 2 is 2.00 bits per heavy atom. The van der Waals surface area contributed by atoms with E-state index in [0.29, 0.717) is 18.1 Å². The first-order valence-electron chi connectivity index (χ1n) is 8.78. The van der Waals surface area contributed by atoms with E-state index >= 15 is 0 Å². The highest BCUT2D eigenvalue weighted by Gasteiger charge is 2.23. The van der Waals surface area contributed by atoms with Crippen molar-refractivity contribution in [3.8, 4) is 5.69 Å². The van der Waals surface area contributed by atoms with Crippen molar-refractivity contribution < 1.29 is 4.79 Å². The number of halogens is 1. The number of anilines is 1. The van der Waals surface area contributed by atoms with Gasteiger partial charge in [-0.15, -0.1) is 0 Å². The maximum absolute atomic E-state index is 12.0. The van der Waals surface area contributed by atoms with Crippen molar-refractivity contribution in [1.29, 1.82) is 0 Å². The lowest BCUT2D eigenvalue weighted by atomic mass is 10.2. The monoisotopic (exact) mass is 382 g/mol. The minimum Gasteiger partial charge on any atom is -0.352 e. The standard InChI is InChI=1S/C19H19ClN6O/c1-2-4-17(27)24-7-9-25(10-8-24)18-16-12-23-26(19(16)22-13-21-18)15-6-3-5-14(20)11-15/h2-6,11-13H,7-10H2,1H3/b4-2+. The van der Waals surface area contributed by atoms with E-state index in [1.165, 1.54) is 0 Å². The molecule has 3 heterocycles. The summed E-state index contributed by atoms with van der Waals surface area (Å²) >= 11 is 6.11. The van der Waals surface area contributed by atoms with Crippen LogP contribution in [0, 0.1) is 0 Å². The predicted molar refractivity (Wildman–Crippen MR) is 105 cm³/mol. The first-order chi connectivity index (χ1) is 13.2. The Morgan fingerprint density at radius 3 is 2.74 bits per heavy atom. The van der Waals surface area contributed by atoms with E-state index in [-0.39, 0.29) is 5.91 Å². The first kappa shape index (κ1) is 17.5. The second-order valence-corrected chi connectivity index (χ2v) is 6.72. The molecule has 1 saturated heterocycles. The zero-order valence-electron chi connectivity index (χ0n) is 14.9. The van der Waals surface area contributed by atoms with E-state index in [4.69, 9.17) is 11.6 Å². The molecule has 1 fully saturated rings. The number of rotatable bonds is 3. The number of hydrogen-bond donors (Lipinski definition) is 0. The van der Waals surface area contributed by atoms with Crippen molar-refractivity contribution in [2.45, 2.75) is 6.92 Å². The zero-order chi connectivity index (χ0) is 18.8. The Kier molecular flexibility index (Phi) is 4.77. The molecule has 3 aromatic rings. The number of fused-ring (bicyclic) bond motifs is 1. The number of allylic oxidation sites excluding steroid dienone is 1. The van der Waals surface area contributed by atoms with Crippen LogP contribution in [0.1, 0.15) is 6.92 Å². The largest absolute Gasteiger partial charge is 0.352 e. The number of piperazine rings is 1. The van der Waals surface area contributed by atoms with Crippen LogP contribution in [0.4, 0.5) is 5.82 Å². The minimum atomic E-state index is 0.0544. The average molecular weight is 383 g/mol. The van der Waals surface area contributed by atoms with E-state index < -0.39 is 0 Å². The summed E-state index contributed by atoms with van der Waals surface area (Å²) in [6, 6.07) is 7.49. The van der Waals surface area contributed by atoms with E-state index in [2.05, 4.69) is 20.0 Å². The van der Waals surface area contributed by atoms with Crippen LogP contribution < -0.4 is 4.90 Å². The van der Waals surface area contributed by atoms with Gasteiger partial charge in [-0.1, -0.05) is 23.7 Å². The lowest BCUT2D eigenvalue weighted by Crippen LogP contribution is -2.48. The number of aromatic nitrogens is 4. The van der Waals surface area contributed by atoms with Crippen molar-refractivity contribution in [2.24, 2.45) is 0 Å². The SMILES string of the molecule is C/C=C/C(=O)N1CCN(c2ncnc3c2cnn3-c2cccc(Cl)c2)CC1. The summed E-state index contributed by atoms with van der Waals surface area (Å²) in [6.07, 6.45) is 6.71. The van der Waals surface area contributed by atoms with Crippen LogP contribution in [0.5, 0.6) is 0 Å². The zero-order valence-corrected chi connectivity index (χ0v) is 15.7. The van der Waals surface area contributed by atoms with Crippen LogP contribution in [0.15, 0.2) is 48.9 Å². The molecule has 27 heavy (non-hydrogen) atoms. The molecule has 0 spiro atoms. The minimum absolute atomic E-state index is 0.0544. The van der Waals surface area contributed by atoms with Crippen molar-refractivity contribution in [3.63, 3.8) is 0 Å². The Hall–Kier alpha value is -2.93. The number of hydrogen-bond acceptors (Lipinski definition) is 5. The Balaban J connectivity index is 1.62. The molecule has 1 aliphatic rings. The van der Waals surface area contributed by atoms with Gasteiger partial charge < -0.3 is 9.80 Å². The molecule has 2 aromatic heterocycles. The molecule has 0 aliphatic carbocycles. The molecule has 0 radical (unpaired) electrons. The normalized spacial score (nSPS) is 15.0. The van der Waals surface area contributed by atoms with Crippen LogP contribution in [0.25, 0.3) is 16.7 Å². The molecule has 1 aromatic carbocycles. The number of benzene rings is 1. The van der Waals surface area contributed by atoms with Gasteiger partial charge in [-0.2, -0.15) is 5.10 Å². The third-order valence-corrected chi connectivity index (χ3v) is 4.83. The summed E-state index contributed by atoms with van der Waals surface area (Å²) in [7, 11) is 0. The maximum Gasteiger partial charge on any atom is 0.246 e. The third-order valence-electron chi connectivity index (χ3n) is 4.60. The van der Waals surface area contributed by atoms with Gasteiger partial charge in [-0.25, -0.2) is 14.6 Å². The maximum atomic E-state index is 12.0. The van der Waals surface area contributed by atoms with Gasteiger partial charge in [0.15, 0.2) is 5.65 Å².